The third-order valence-electron chi connectivity index (χ3n) is 5.51. The summed E-state index contributed by atoms with van der Waals surface area (Å²) in [5.74, 6) is 0.130. The van der Waals surface area contributed by atoms with Gasteiger partial charge in [-0.15, -0.1) is 0 Å². The smallest absolute Gasteiger partial charge is 0.177 e. The lowest BCUT2D eigenvalue weighted by molar-refractivity contribution is -0.162. The number of Topliss-reactive ketones (excluding diaryl/α,β-unsaturated/α-hetero) is 1. The van der Waals surface area contributed by atoms with Crippen LogP contribution in [0.2, 0.25) is 0 Å². The van der Waals surface area contributed by atoms with Gasteiger partial charge in [-0.25, -0.2) is 0 Å². The Hall–Kier alpha value is 0.550. The summed E-state index contributed by atoms with van der Waals surface area (Å²) in [5.41, 5.74) is -1.56. The largest absolute Gasteiger partial charge is 0.380 e. The molecule has 116 valence electrons. The number of ketones is 1. The molecule has 1 saturated heterocycles. The Bertz CT molecular complexity index is 408. The molecule has 5 atom stereocenters. The zero-order valence-electron chi connectivity index (χ0n) is 12.6. The number of alkyl halides is 2. The molecule has 2 aliphatic rings. The zero-order valence-corrected chi connectivity index (χ0v) is 15.8. The summed E-state index contributed by atoms with van der Waals surface area (Å²) in [4.78, 5) is 12.4. The van der Waals surface area contributed by atoms with Crippen molar-refractivity contribution in [1.82, 2.24) is 0 Å². The van der Waals surface area contributed by atoms with Crippen LogP contribution >= 0.6 is 31.9 Å². The van der Waals surface area contributed by atoms with E-state index in [1.807, 2.05) is 0 Å². The number of halogens is 2. The van der Waals surface area contributed by atoms with E-state index in [4.69, 9.17) is 4.74 Å². The average Bonchev–Trinajstić information content (AvgIpc) is 2.74. The Morgan fingerprint density at radius 2 is 2.05 bits per heavy atom. The summed E-state index contributed by atoms with van der Waals surface area (Å²) in [7, 11) is 0. The van der Waals surface area contributed by atoms with Crippen molar-refractivity contribution in [2.75, 3.05) is 5.33 Å². The van der Waals surface area contributed by atoms with Crippen LogP contribution in [0.4, 0.5) is 0 Å². The van der Waals surface area contributed by atoms with Crippen molar-refractivity contribution < 1.29 is 14.6 Å². The number of carbonyl (C=O) groups is 1. The Labute approximate surface area is 138 Å². The third kappa shape index (κ3) is 2.53. The topological polar surface area (TPSA) is 46.5 Å². The van der Waals surface area contributed by atoms with Crippen LogP contribution in [0, 0.1) is 11.3 Å². The van der Waals surface area contributed by atoms with Gasteiger partial charge in [0.1, 0.15) is 5.60 Å². The normalized spacial score (nSPS) is 42.9. The van der Waals surface area contributed by atoms with Gasteiger partial charge in [0.2, 0.25) is 0 Å². The predicted octanol–water partition coefficient (Wildman–Crippen LogP) is 3.45. The van der Waals surface area contributed by atoms with Crippen LogP contribution in [0.3, 0.4) is 0 Å². The highest BCUT2D eigenvalue weighted by Gasteiger charge is 2.60. The highest BCUT2D eigenvalue weighted by atomic mass is 79.9. The molecule has 3 nitrogen and oxygen atoms in total. The minimum Gasteiger partial charge on any atom is -0.380 e. The van der Waals surface area contributed by atoms with E-state index in [2.05, 4.69) is 52.6 Å². The van der Waals surface area contributed by atoms with Crippen LogP contribution < -0.4 is 0 Å². The van der Waals surface area contributed by atoms with Crippen molar-refractivity contribution in [2.24, 2.45) is 11.3 Å². The first kappa shape index (κ1) is 16.9. The van der Waals surface area contributed by atoms with Crippen LogP contribution in [0.1, 0.15) is 47.0 Å². The first-order chi connectivity index (χ1) is 9.05. The van der Waals surface area contributed by atoms with Crippen molar-refractivity contribution in [1.29, 1.82) is 0 Å². The minimum absolute atomic E-state index is 0.0925. The Morgan fingerprint density at radius 1 is 1.45 bits per heavy atom. The van der Waals surface area contributed by atoms with E-state index < -0.39 is 11.7 Å². The van der Waals surface area contributed by atoms with Crippen LogP contribution in [0.25, 0.3) is 0 Å². The van der Waals surface area contributed by atoms with Gasteiger partial charge in [-0.1, -0.05) is 45.7 Å². The number of rotatable bonds is 3. The first-order valence-corrected chi connectivity index (χ1v) is 9.23. The zero-order chi connectivity index (χ0) is 15.3. The summed E-state index contributed by atoms with van der Waals surface area (Å²) in [5, 5.41) is 10.7. The molecule has 1 aliphatic heterocycles. The summed E-state index contributed by atoms with van der Waals surface area (Å²) >= 11 is 6.94. The second-order valence-electron chi connectivity index (χ2n) is 7.24. The second-order valence-corrected chi connectivity index (χ2v) is 8.91. The van der Waals surface area contributed by atoms with Crippen LogP contribution in [0.15, 0.2) is 0 Å². The average molecular weight is 412 g/mol. The van der Waals surface area contributed by atoms with E-state index in [1.54, 1.807) is 6.92 Å². The molecule has 1 aliphatic carbocycles. The molecule has 0 bridgehead atoms. The number of carbonyl (C=O) groups excluding carboxylic acids is 1. The van der Waals surface area contributed by atoms with Gasteiger partial charge in [-0.2, -0.15) is 0 Å². The molecule has 0 amide bonds. The quantitative estimate of drug-likeness (QED) is 0.723. The van der Waals surface area contributed by atoms with Gasteiger partial charge in [0.05, 0.1) is 17.0 Å². The van der Waals surface area contributed by atoms with E-state index in [1.165, 1.54) is 0 Å². The Kier molecular flexibility index (Phi) is 4.50. The second kappa shape index (κ2) is 5.32. The molecule has 0 aromatic carbocycles. The SMILES string of the molecule is CC1(C)[C@@H](Br)CC[C@]2(C)O[C@H]([C@](C)(O)C(=O)CBr)C[C@@H]12. The monoisotopic (exact) mass is 410 g/mol. The summed E-state index contributed by atoms with van der Waals surface area (Å²) < 4.78 is 6.21. The molecule has 1 heterocycles. The van der Waals surface area contributed by atoms with Crippen LogP contribution in [-0.2, 0) is 9.53 Å². The van der Waals surface area contributed by atoms with Gasteiger partial charge in [-0.3, -0.25) is 4.79 Å². The van der Waals surface area contributed by atoms with Crippen LogP contribution in [-0.4, -0.2) is 38.4 Å². The lowest BCUT2D eigenvalue weighted by Gasteiger charge is -2.49. The molecule has 0 unspecified atom stereocenters. The summed E-state index contributed by atoms with van der Waals surface area (Å²) in [6.45, 7) is 8.22. The fraction of sp³-hybridized carbons (Fsp3) is 0.933. The number of fused-ring (bicyclic) bond motifs is 1. The number of aliphatic hydroxyl groups is 1. The van der Waals surface area contributed by atoms with Gasteiger partial charge in [0.25, 0.3) is 0 Å². The fourth-order valence-electron chi connectivity index (χ4n) is 3.91. The molecule has 0 radical (unpaired) electrons. The molecule has 5 heteroatoms. The molecule has 1 N–H and O–H groups in total. The molecular formula is C15H24Br2O3. The van der Waals surface area contributed by atoms with Crippen LogP contribution in [0.5, 0.6) is 0 Å². The maximum absolute atomic E-state index is 12.0. The van der Waals surface area contributed by atoms with Crippen molar-refractivity contribution in [3.8, 4) is 0 Å². The maximum Gasteiger partial charge on any atom is 0.177 e. The lowest BCUT2D eigenvalue weighted by atomic mass is 9.61. The fourth-order valence-corrected chi connectivity index (χ4v) is 5.02. The molecule has 2 fully saturated rings. The van der Waals surface area contributed by atoms with E-state index in [9.17, 15) is 9.90 Å². The Morgan fingerprint density at radius 3 is 2.60 bits per heavy atom. The van der Waals surface area contributed by atoms with E-state index >= 15 is 0 Å². The van der Waals surface area contributed by atoms with Crippen molar-refractivity contribution in [3.63, 3.8) is 0 Å². The molecule has 0 spiro atoms. The van der Waals surface area contributed by atoms with Gasteiger partial charge in [0, 0.05) is 4.83 Å². The first-order valence-electron chi connectivity index (χ1n) is 7.19. The van der Waals surface area contributed by atoms with Gasteiger partial charge in [0.15, 0.2) is 5.78 Å². The number of hydrogen-bond acceptors (Lipinski definition) is 3. The highest BCUT2D eigenvalue weighted by molar-refractivity contribution is 9.09. The third-order valence-corrected chi connectivity index (χ3v) is 7.66. The van der Waals surface area contributed by atoms with Gasteiger partial charge in [-0.05, 0) is 44.4 Å². The summed E-state index contributed by atoms with van der Waals surface area (Å²) in [6, 6.07) is 0. The molecule has 1 saturated carbocycles. The van der Waals surface area contributed by atoms with Crippen molar-refractivity contribution >= 4 is 37.6 Å². The minimum atomic E-state index is -1.41. The molecule has 2 rings (SSSR count). The van der Waals surface area contributed by atoms with Crippen molar-refractivity contribution in [3.05, 3.63) is 0 Å². The highest BCUT2D eigenvalue weighted by Crippen LogP contribution is 2.57. The molecule has 0 aromatic rings. The maximum atomic E-state index is 12.0. The van der Waals surface area contributed by atoms with Crippen molar-refractivity contribution in [2.45, 2.75) is 69.1 Å². The lowest BCUT2D eigenvalue weighted by Crippen LogP contribution is -2.50. The van der Waals surface area contributed by atoms with E-state index in [0.29, 0.717) is 10.7 Å². The number of ether oxygens (including phenoxy) is 1. The predicted molar refractivity (Wildman–Crippen MR) is 86.5 cm³/mol. The van der Waals surface area contributed by atoms with Gasteiger partial charge >= 0.3 is 0 Å². The van der Waals surface area contributed by atoms with E-state index in [-0.39, 0.29) is 22.1 Å². The standard InChI is InChI=1S/C15H24Br2O3/c1-13(2)9-7-12(15(4,19)11(18)8-16)20-14(9,3)6-5-10(13)17/h9-10,12,19H,5-8H2,1-4H3/t9-,10-,12-,14-,15+/m0/s1. The number of hydrogen-bond donors (Lipinski definition) is 1. The van der Waals surface area contributed by atoms with E-state index in [0.717, 1.165) is 19.3 Å². The molecular weight excluding hydrogens is 388 g/mol. The van der Waals surface area contributed by atoms with Gasteiger partial charge < -0.3 is 9.84 Å². The Balaban J connectivity index is 2.27. The summed E-state index contributed by atoms with van der Waals surface area (Å²) in [6.07, 6.45) is 2.34. The molecule has 0 aromatic heterocycles. The molecule has 20 heavy (non-hydrogen) atoms.